The van der Waals surface area contributed by atoms with E-state index in [1.165, 1.54) is 28.0 Å². The van der Waals surface area contributed by atoms with Gasteiger partial charge in [0.25, 0.3) is 0 Å². The summed E-state index contributed by atoms with van der Waals surface area (Å²) in [6.07, 6.45) is 6.81. The van der Waals surface area contributed by atoms with Crippen LogP contribution in [0.2, 0.25) is 0 Å². The highest BCUT2D eigenvalue weighted by Gasteiger charge is 2.15. The van der Waals surface area contributed by atoms with Crippen molar-refractivity contribution >= 4 is 28.6 Å². The largest absolute Gasteiger partial charge is 0.361 e. The monoisotopic (exact) mass is 302 g/mol. The number of fused-ring (bicyclic) bond motifs is 1. The number of rotatable bonds is 5. The Kier molecular flexibility index (Phi) is 4.86. The van der Waals surface area contributed by atoms with Crippen LogP contribution in [0.4, 0.5) is 0 Å². The Morgan fingerprint density at radius 3 is 2.95 bits per heavy atom. The van der Waals surface area contributed by atoms with E-state index in [-0.39, 0.29) is 5.91 Å². The third-order valence-corrected chi connectivity index (χ3v) is 5.16. The first kappa shape index (κ1) is 14.5. The Labute approximate surface area is 129 Å². The molecule has 3 nitrogen and oxygen atoms in total. The van der Waals surface area contributed by atoms with Gasteiger partial charge < -0.3 is 10.3 Å². The summed E-state index contributed by atoms with van der Waals surface area (Å²) in [5.41, 5.74) is 2.49. The zero-order valence-corrected chi connectivity index (χ0v) is 13.0. The molecule has 21 heavy (non-hydrogen) atoms. The van der Waals surface area contributed by atoms with Gasteiger partial charge in [0.1, 0.15) is 0 Å². The van der Waals surface area contributed by atoms with Crippen LogP contribution >= 0.6 is 11.8 Å². The summed E-state index contributed by atoms with van der Waals surface area (Å²) in [6.45, 7) is 0. The average molecular weight is 302 g/mol. The molecule has 0 aliphatic carbocycles. The summed E-state index contributed by atoms with van der Waals surface area (Å²) >= 11 is 1.99. The number of H-pyrrole nitrogens is 1. The molecule has 0 saturated carbocycles. The van der Waals surface area contributed by atoms with Crippen LogP contribution in [0.15, 0.2) is 30.5 Å². The molecule has 112 valence electrons. The second-order valence-corrected chi connectivity index (χ2v) is 6.89. The predicted molar refractivity (Wildman–Crippen MR) is 89.7 cm³/mol. The van der Waals surface area contributed by atoms with E-state index in [0.29, 0.717) is 12.5 Å². The highest BCUT2D eigenvalue weighted by atomic mass is 32.2. The number of amides is 1. The fourth-order valence-electron chi connectivity index (χ4n) is 2.92. The summed E-state index contributed by atoms with van der Waals surface area (Å²) < 4.78 is 0. The lowest BCUT2D eigenvalue weighted by molar-refractivity contribution is -0.121. The van der Waals surface area contributed by atoms with E-state index in [1.54, 1.807) is 0 Å². The van der Waals surface area contributed by atoms with Crippen molar-refractivity contribution in [2.24, 2.45) is 0 Å². The topological polar surface area (TPSA) is 44.9 Å². The van der Waals surface area contributed by atoms with Gasteiger partial charge in [0, 0.05) is 29.6 Å². The van der Waals surface area contributed by atoms with Gasteiger partial charge in [-0.05, 0) is 48.8 Å². The van der Waals surface area contributed by atoms with Crippen LogP contribution in [0.25, 0.3) is 10.9 Å². The van der Waals surface area contributed by atoms with Crippen LogP contribution in [0, 0.1) is 0 Å². The van der Waals surface area contributed by atoms with Gasteiger partial charge in [-0.2, -0.15) is 11.8 Å². The second-order valence-electron chi connectivity index (χ2n) is 5.67. The van der Waals surface area contributed by atoms with E-state index in [0.717, 1.165) is 25.7 Å². The number of aromatic amines is 1. The Balaban J connectivity index is 1.46. The highest BCUT2D eigenvalue weighted by molar-refractivity contribution is 7.99. The zero-order valence-electron chi connectivity index (χ0n) is 12.2. The molecule has 2 aromatic rings. The molecule has 0 radical (unpaired) electrons. The molecule has 2 heterocycles. The standard InChI is InChI=1S/C17H22N2OS/c20-17(19-14-8-10-21-11-9-14)7-3-4-13-12-18-16-6-2-1-5-15(13)16/h1-2,5-6,12,14,18H,3-4,7-11H2,(H,19,20). The number of carbonyl (C=O) groups is 1. The van der Waals surface area contributed by atoms with Crippen molar-refractivity contribution in [2.75, 3.05) is 11.5 Å². The minimum Gasteiger partial charge on any atom is -0.361 e. The van der Waals surface area contributed by atoms with Crippen molar-refractivity contribution < 1.29 is 4.79 Å². The Morgan fingerprint density at radius 2 is 2.10 bits per heavy atom. The third-order valence-electron chi connectivity index (χ3n) is 4.11. The molecule has 1 aliphatic heterocycles. The second kappa shape index (κ2) is 7.03. The van der Waals surface area contributed by atoms with Gasteiger partial charge in [0.15, 0.2) is 0 Å². The van der Waals surface area contributed by atoms with E-state index in [4.69, 9.17) is 0 Å². The first-order valence-corrected chi connectivity index (χ1v) is 8.90. The molecule has 0 atom stereocenters. The van der Waals surface area contributed by atoms with E-state index < -0.39 is 0 Å². The van der Waals surface area contributed by atoms with Gasteiger partial charge in [-0.25, -0.2) is 0 Å². The van der Waals surface area contributed by atoms with Crippen molar-refractivity contribution in [1.29, 1.82) is 0 Å². The minimum atomic E-state index is 0.215. The number of hydrogen-bond acceptors (Lipinski definition) is 2. The number of aryl methyl sites for hydroxylation is 1. The van der Waals surface area contributed by atoms with Crippen LogP contribution in [0.1, 0.15) is 31.2 Å². The Morgan fingerprint density at radius 1 is 1.29 bits per heavy atom. The molecule has 4 heteroatoms. The van der Waals surface area contributed by atoms with Gasteiger partial charge in [-0.1, -0.05) is 18.2 Å². The van der Waals surface area contributed by atoms with Crippen molar-refractivity contribution in [2.45, 2.75) is 38.1 Å². The summed E-state index contributed by atoms with van der Waals surface area (Å²) in [4.78, 5) is 15.3. The summed E-state index contributed by atoms with van der Waals surface area (Å²) in [7, 11) is 0. The average Bonchev–Trinajstić information content (AvgIpc) is 2.92. The summed E-state index contributed by atoms with van der Waals surface area (Å²) in [5.74, 6) is 2.58. The molecule has 0 unspecified atom stereocenters. The summed E-state index contributed by atoms with van der Waals surface area (Å²) in [6, 6.07) is 8.74. The SMILES string of the molecule is O=C(CCCc1c[nH]c2ccccc12)NC1CCSCC1. The van der Waals surface area contributed by atoms with Gasteiger partial charge in [0.05, 0.1) is 0 Å². The number of hydrogen-bond donors (Lipinski definition) is 2. The van der Waals surface area contributed by atoms with Crippen molar-refractivity contribution in [1.82, 2.24) is 10.3 Å². The molecule has 1 aromatic heterocycles. The number of benzene rings is 1. The first-order chi connectivity index (χ1) is 10.3. The molecule has 0 bridgehead atoms. The number of para-hydroxylation sites is 1. The molecule has 1 fully saturated rings. The van der Waals surface area contributed by atoms with Crippen molar-refractivity contribution in [3.8, 4) is 0 Å². The molecule has 1 amide bonds. The lowest BCUT2D eigenvalue weighted by Crippen LogP contribution is -2.37. The van der Waals surface area contributed by atoms with Gasteiger partial charge >= 0.3 is 0 Å². The lowest BCUT2D eigenvalue weighted by Gasteiger charge is -2.22. The fraction of sp³-hybridized carbons (Fsp3) is 0.471. The molecular formula is C17H22N2OS. The summed E-state index contributed by atoms with van der Waals surface area (Å²) in [5, 5.41) is 4.46. The molecule has 1 aromatic carbocycles. The van der Waals surface area contributed by atoms with Crippen molar-refractivity contribution in [3.63, 3.8) is 0 Å². The van der Waals surface area contributed by atoms with Gasteiger partial charge in [-0.3, -0.25) is 4.79 Å². The van der Waals surface area contributed by atoms with Gasteiger partial charge in [-0.15, -0.1) is 0 Å². The van der Waals surface area contributed by atoms with Crippen LogP contribution in [0.5, 0.6) is 0 Å². The van der Waals surface area contributed by atoms with Crippen LogP contribution < -0.4 is 5.32 Å². The maximum absolute atomic E-state index is 12.0. The Hall–Kier alpha value is -1.42. The van der Waals surface area contributed by atoms with E-state index in [2.05, 4.69) is 34.7 Å². The molecule has 2 N–H and O–H groups in total. The third kappa shape index (κ3) is 3.82. The van der Waals surface area contributed by atoms with Crippen molar-refractivity contribution in [3.05, 3.63) is 36.0 Å². The van der Waals surface area contributed by atoms with E-state index in [1.807, 2.05) is 17.8 Å². The zero-order chi connectivity index (χ0) is 14.5. The first-order valence-electron chi connectivity index (χ1n) is 7.75. The normalized spacial score (nSPS) is 16.2. The Bertz CT molecular complexity index is 602. The molecule has 0 spiro atoms. The number of nitrogens with one attached hydrogen (secondary N) is 2. The molecule has 1 aliphatic rings. The maximum Gasteiger partial charge on any atom is 0.220 e. The van der Waals surface area contributed by atoms with Crippen LogP contribution in [-0.4, -0.2) is 28.4 Å². The fourth-order valence-corrected chi connectivity index (χ4v) is 4.03. The highest BCUT2D eigenvalue weighted by Crippen LogP contribution is 2.20. The predicted octanol–water partition coefficient (Wildman–Crippen LogP) is 3.50. The number of carbonyl (C=O) groups excluding carboxylic acids is 1. The van der Waals surface area contributed by atoms with E-state index >= 15 is 0 Å². The molecule has 1 saturated heterocycles. The molecular weight excluding hydrogens is 280 g/mol. The van der Waals surface area contributed by atoms with E-state index in [9.17, 15) is 4.79 Å². The quantitative estimate of drug-likeness (QED) is 0.888. The van der Waals surface area contributed by atoms with Crippen LogP contribution in [0.3, 0.4) is 0 Å². The number of thioether (sulfide) groups is 1. The van der Waals surface area contributed by atoms with Crippen LogP contribution in [-0.2, 0) is 11.2 Å². The lowest BCUT2D eigenvalue weighted by atomic mass is 10.1. The smallest absolute Gasteiger partial charge is 0.220 e. The minimum absolute atomic E-state index is 0.215. The van der Waals surface area contributed by atoms with Gasteiger partial charge in [0.2, 0.25) is 5.91 Å². The molecule has 3 rings (SSSR count). The maximum atomic E-state index is 12.0. The number of aromatic nitrogens is 1.